The summed E-state index contributed by atoms with van der Waals surface area (Å²) >= 11 is 1.30. The summed E-state index contributed by atoms with van der Waals surface area (Å²) < 4.78 is 14.8. The number of hydrogen-bond acceptors (Lipinski definition) is 7. The minimum Gasteiger partial charge on any atom is -0.325 e. The van der Waals surface area contributed by atoms with Crippen LogP contribution in [0.4, 0.5) is 10.1 Å². The van der Waals surface area contributed by atoms with E-state index >= 15 is 0 Å². The molecule has 0 spiro atoms. The molecule has 2 aromatic carbocycles. The van der Waals surface area contributed by atoms with Crippen LogP contribution in [0.2, 0.25) is 0 Å². The lowest BCUT2D eigenvalue weighted by molar-refractivity contribution is -0.113. The lowest BCUT2D eigenvalue weighted by Crippen LogP contribution is -2.30. The largest absolute Gasteiger partial charge is 0.325 e. The molecule has 3 N–H and O–H groups in total. The summed E-state index contributed by atoms with van der Waals surface area (Å²) in [7, 11) is 0. The molecule has 1 saturated heterocycles. The Hall–Kier alpha value is -3.08. The van der Waals surface area contributed by atoms with Crippen molar-refractivity contribution in [1.82, 2.24) is 30.4 Å². The third-order valence-corrected chi connectivity index (χ3v) is 7.11. The molecule has 0 radical (unpaired) electrons. The molecule has 2 unspecified atom stereocenters. The highest BCUT2D eigenvalue weighted by atomic mass is 32.2. The van der Waals surface area contributed by atoms with Gasteiger partial charge in [-0.15, -0.1) is 5.10 Å². The van der Waals surface area contributed by atoms with Gasteiger partial charge in [-0.25, -0.2) is 14.4 Å². The highest BCUT2D eigenvalue weighted by Crippen LogP contribution is 2.25. The topological polar surface area (TPSA) is 96.2 Å². The quantitative estimate of drug-likeness (QED) is 0.275. The molecule has 1 fully saturated rings. The Labute approximate surface area is 200 Å². The van der Waals surface area contributed by atoms with E-state index in [9.17, 15) is 9.18 Å². The SMILES string of the molecule is CC1NNC(C)C1CCc1nc2c3ccccc3nc(SCC(=O)Nc3ccc(F)cc3)n2n1. The summed E-state index contributed by atoms with van der Waals surface area (Å²) in [6, 6.07) is 14.3. The van der Waals surface area contributed by atoms with Crippen LogP contribution in [0.1, 0.15) is 26.1 Å². The minimum atomic E-state index is -0.346. The third-order valence-electron chi connectivity index (χ3n) is 6.18. The third kappa shape index (κ3) is 4.75. The molecule has 10 heteroatoms. The highest BCUT2D eigenvalue weighted by molar-refractivity contribution is 7.99. The van der Waals surface area contributed by atoms with E-state index < -0.39 is 0 Å². The van der Waals surface area contributed by atoms with Crippen LogP contribution in [0.3, 0.4) is 0 Å². The van der Waals surface area contributed by atoms with Crippen molar-refractivity contribution in [3.05, 3.63) is 60.2 Å². The number of benzene rings is 2. The average molecular weight is 480 g/mol. The number of nitrogens with one attached hydrogen (secondary N) is 3. The normalized spacial score (nSPS) is 20.3. The van der Waals surface area contributed by atoms with Crippen LogP contribution in [-0.4, -0.2) is 43.3 Å². The molecule has 0 saturated carbocycles. The molecule has 4 aromatic rings. The molecule has 0 bridgehead atoms. The Bertz CT molecular complexity index is 1320. The number of aryl methyl sites for hydroxylation is 1. The zero-order valence-corrected chi connectivity index (χ0v) is 19.8. The minimum absolute atomic E-state index is 0.140. The van der Waals surface area contributed by atoms with Gasteiger partial charge in [-0.2, -0.15) is 4.52 Å². The molecule has 176 valence electrons. The fraction of sp³-hybridized carbons (Fsp3) is 0.333. The molecule has 3 heterocycles. The van der Waals surface area contributed by atoms with Crippen molar-refractivity contribution in [2.45, 2.75) is 43.9 Å². The summed E-state index contributed by atoms with van der Waals surface area (Å²) in [6.45, 7) is 4.36. The number of nitrogens with zero attached hydrogens (tertiary/aromatic N) is 4. The van der Waals surface area contributed by atoms with E-state index in [1.165, 1.54) is 36.0 Å². The number of fused-ring (bicyclic) bond motifs is 3. The van der Waals surface area contributed by atoms with Crippen LogP contribution in [0.25, 0.3) is 16.6 Å². The van der Waals surface area contributed by atoms with Crippen LogP contribution >= 0.6 is 11.8 Å². The van der Waals surface area contributed by atoms with Gasteiger partial charge in [0, 0.05) is 29.6 Å². The summed E-state index contributed by atoms with van der Waals surface area (Å²) in [5.41, 5.74) is 8.69. The Morgan fingerprint density at radius 3 is 2.59 bits per heavy atom. The predicted octanol–water partition coefficient (Wildman–Crippen LogP) is 3.58. The maximum atomic E-state index is 13.1. The Morgan fingerprint density at radius 2 is 1.82 bits per heavy atom. The van der Waals surface area contributed by atoms with Gasteiger partial charge in [-0.3, -0.25) is 15.6 Å². The van der Waals surface area contributed by atoms with E-state index in [1.807, 2.05) is 24.3 Å². The predicted molar refractivity (Wildman–Crippen MR) is 131 cm³/mol. The standard InChI is InChI=1S/C24H26FN7OS/c1-14-18(15(2)30-29-14)11-12-21-28-23-19-5-3-4-6-20(19)27-24(32(23)31-21)34-13-22(33)26-17-9-7-16(25)8-10-17/h3-10,14-15,18,29-30H,11-13H2,1-2H3,(H,26,33). The van der Waals surface area contributed by atoms with Crippen molar-refractivity contribution >= 4 is 39.9 Å². The molecular formula is C24H26FN7OS. The summed E-state index contributed by atoms with van der Waals surface area (Å²) in [5, 5.41) is 9.06. The van der Waals surface area contributed by atoms with Gasteiger partial charge < -0.3 is 5.32 Å². The zero-order valence-electron chi connectivity index (χ0n) is 19.0. The lowest BCUT2D eigenvalue weighted by Gasteiger charge is -2.16. The molecule has 2 atom stereocenters. The van der Waals surface area contributed by atoms with E-state index in [0.717, 1.165) is 35.2 Å². The number of carbonyl (C=O) groups excluding carboxylic acids is 1. The molecule has 5 rings (SSSR count). The van der Waals surface area contributed by atoms with Gasteiger partial charge in [0.2, 0.25) is 5.91 Å². The van der Waals surface area contributed by atoms with Crippen LogP contribution < -0.4 is 16.2 Å². The second kappa shape index (κ2) is 9.65. The van der Waals surface area contributed by atoms with Crippen molar-refractivity contribution in [2.75, 3.05) is 11.1 Å². The van der Waals surface area contributed by atoms with Gasteiger partial charge >= 0.3 is 0 Å². The van der Waals surface area contributed by atoms with Gasteiger partial charge in [-0.1, -0.05) is 23.9 Å². The number of halogens is 1. The number of anilines is 1. The number of para-hydroxylation sites is 1. The monoisotopic (exact) mass is 479 g/mol. The fourth-order valence-corrected chi connectivity index (χ4v) is 5.08. The first kappa shape index (κ1) is 22.7. The number of amides is 1. The van der Waals surface area contributed by atoms with Gasteiger partial charge in [0.25, 0.3) is 0 Å². The van der Waals surface area contributed by atoms with Crippen LogP contribution in [0.5, 0.6) is 0 Å². The first-order valence-corrected chi connectivity index (χ1v) is 12.3. The summed E-state index contributed by atoms with van der Waals surface area (Å²) in [5.74, 6) is 0.847. The molecule has 8 nitrogen and oxygen atoms in total. The maximum Gasteiger partial charge on any atom is 0.234 e. The molecule has 1 aliphatic rings. The van der Waals surface area contributed by atoms with Crippen LogP contribution in [0.15, 0.2) is 53.7 Å². The summed E-state index contributed by atoms with van der Waals surface area (Å²) in [6.07, 6.45) is 1.72. The molecule has 1 amide bonds. The Balaban J connectivity index is 1.36. The van der Waals surface area contributed by atoms with Crippen LogP contribution in [0, 0.1) is 11.7 Å². The van der Waals surface area contributed by atoms with E-state index in [2.05, 4.69) is 30.0 Å². The number of hydrazine groups is 1. The second-order valence-corrected chi connectivity index (χ2v) is 9.53. The van der Waals surface area contributed by atoms with Gasteiger partial charge in [0.15, 0.2) is 16.6 Å². The Morgan fingerprint density at radius 1 is 1.09 bits per heavy atom. The van der Waals surface area contributed by atoms with Crippen molar-refractivity contribution in [3.8, 4) is 0 Å². The maximum absolute atomic E-state index is 13.1. The van der Waals surface area contributed by atoms with Crippen molar-refractivity contribution in [3.63, 3.8) is 0 Å². The van der Waals surface area contributed by atoms with Crippen molar-refractivity contribution in [2.24, 2.45) is 5.92 Å². The van der Waals surface area contributed by atoms with Crippen molar-refractivity contribution < 1.29 is 9.18 Å². The number of aromatic nitrogens is 4. The second-order valence-electron chi connectivity index (χ2n) is 8.59. The van der Waals surface area contributed by atoms with E-state index in [4.69, 9.17) is 15.1 Å². The molecule has 34 heavy (non-hydrogen) atoms. The molecular weight excluding hydrogens is 453 g/mol. The number of hydrogen-bond donors (Lipinski definition) is 3. The van der Waals surface area contributed by atoms with E-state index in [-0.39, 0.29) is 17.5 Å². The number of thioether (sulfide) groups is 1. The fourth-order valence-electron chi connectivity index (χ4n) is 4.34. The molecule has 0 aliphatic carbocycles. The van der Waals surface area contributed by atoms with Crippen molar-refractivity contribution in [1.29, 1.82) is 0 Å². The van der Waals surface area contributed by atoms with E-state index in [0.29, 0.717) is 28.8 Å². The zero-order chi connectivity index (χ0) is 23.7. The van der Waals surface area contributed by atoms with Gasteiger partial charge in [-0.05, 0) is 62.6 Å². The first-order chi connectivity index (χ1) is 16.5. The molecule has 1 aliphatic heterocycles. The van der Waals surface area contributed by atoms with Gasteiger partial charge in [0.05, 0.1) is 11.3 Å². The summed E-state index contributed by atoms with van der Waals surface area (Å²) in [4.78, 5) is 22.1. The average Bonchev–Trinajstić information content (AvgIpc) is 3.41. The number of carbonyl (C=O) groups is 1. The lowest BCUT2D eigenvalue weighted by atomic mass is 9.91. The molecule has 2 aromatic heterocycles. The highest BCUT2D eigenvalue weighted by Gasteiger charge is 2.29. The number of rotatable bonds is 7. The van der Waals surface area contributed by atoms with E-state index in [1.54, 1.807) is 4.52 Å². The first-order valence-electron chi connectivity index (χ1n) is 11.3. The smallest absolute Gasteiger partial charge is 0.234 e. The Kier molecular flexibility index (Phi) is 6.44. The van der Waals surface area contributed by atoms with Crippen LogP contribution in [-0.2, 0) is 11.2 Å². The van der Waals surface area contributed by atoms with Gasteiger partial charge in [0.1, 0.15) is 5.82 Å².